The van der Waals surface area contributed by atoms with Crippen LogP contribution < -0.4 is 10.2 Å². The molecule has 2 rings (SSSR count). The zero-order chi connectivity index (χ0) is 17.1. The second-order valence-corrected chi connectivity index (χ2v) is 4.79. The van der Waals surface area contributed by atoms with Gasteiger partial charge in [-0.25, -0.2) is 24.3 Å². The van der Waals surface area contributed by atoms with E-state index in [0.29, 0.717) is 0 Å². The molecule has 0 N–H and O–H groups in total. The number of hydrogen-bond acceptors (Lipinski definition) is 2. The van der Waals surface area contributed by atoms with E-state index in [0.717, 1.165) is 14.2 Å². The van der Waals surface area contributed by atoms with E-state index in [1.807, 2.05) is 0 Å². The third-order valence-electron chi connectivity index (χ3n) is 3.10. The van der Waals surface area contributed by atoms with Gasteiger partial charge in [-0.15, -0.1) is 0 Å². The van der Waals surface area contributed by atoms with Crippen LogP contribution in [-0.4, -0.2) is 14.2 Å². The fourth-order valence-corrected chi connectivity index (χ4v) is 1.92. The Kier molecular flexibility index (Phi) is 28.3. The predicted octanol–water partition coefficient (Wildman–Crippen LogP) is 3.45. The zero-order valence-corrected chi connectivity index (χ0v) is 17.6. The van der Waals surface area contributed by atoms with Gasteiger partial charge in [-0.05, 0) is 0 Å². The maximum atomic E-state index is 8.25. The first-order chi connectivity index (χ1) is 10.9. The maximum absolute atomic E-state index is 8.25. The third kappa shape index (κ3) is 17.7. The van der Waals surface area contributed by atoms with E-state index in [4.69, 9.17) is 10.2 Å². The van der Waals surface area contributed by atoms with Crippen molar-refractivity contribution >= 4 is 0 Å². The second-order valence-electron chi connectivity index (χ2n) is 4.79. The molecule has 2 aromatic carbocycles. The molecule has 0 aromatic heterocycles. The van der Waals surface area contributed by atoms with Crippen LogP contribution in [0.1, 0.15) is 50.7 Å². The molecule has 128 valence electrons. The molecule has 0 heterocycles. The minimum absolute atomic E-state index is 0. The molecule has 0 spiro atoms. The summed E-state index contributed by atoms with van der Waals surface area (Å²) in [4.78, 5) is 0. The number of aryl methyl sites for hydroxylation is 2. The quantitative estimate of drug-likeness (QED) is 0.703. The van der Waals surface area contributed by atoms with Crippen LogP contribution in [0.15, 0.2) is 48.5 Å². The van der Waals surface area contributed by atoms with Crippen LogP contribution in [0.2, 0.25) is 0 Å². The largest absolute Gasteiger partial charge is 4.00 e. The van der Waals surface area contributed by atoms with Crippen LogP contribution in [0.5, 0.6) is 0 Å². The molecule has 0 amide bonds. The smallest absolute Gasteiger partial charge is 0.857 e. The molecule has 0 aliphatic carbocycles. The number of unbranched alkanes of at least 4 members (excludes halogenated alkanes) is 2. The molecule has 23 heavy (non-hydrogen) atoms. The van der Waals surface area contributed by atoms with Gasteiger partial charge in [-0.3, -0.25) is 0 Å². The summed E-state index contributed by atoms with van der Waals surface area (Å²) in [6, 6.07) is 17.2. The fourth-order valence-electron chi connectivity index (χ4n) is 1.92. The molecule has 0 saturated carbocycles. The first kappa shape index (κ1) is 27.4. The molecular formula is C20H32O2Zr. The predicted molar refractivity (Wildman–Crippen MR) is 93.1 cm³/mol. The Morgan fingerprint density at radius 1 is 0.609 bits per heavy atom. The summed E-state index contributed by atoms with van der Waals surface area (Å²) in [6.45, 7) is 4.45. The first-order valence-corrected chi connectivity index (χ1v) is 8.09. The summed E-state index contributed by atoms with van der Waals surface area (Å²) in [5.41, 5.74) is 2.97. The Morgan fingerprint density at radius 3 is 1.09 bits per heavy atom. The van der Waals surface area contributed by atoms with E-state index in [9.17, 15) is 0 Å². The SMILES string of the molecule is CCCC[c-]1cccc1.CCCC[c-]1cccc1.C[O-].C[O-].[Zr+4]. The molecule has 2 aromatic rings. The Balaban J connectivity index is -0.000000276. The van der Waals surface area contributed by atoms with Gasteiger partial charge in [0.1, 0.15) is 0 Å². The standard InChI is InChI=1S/2C9H13.2CH3O.Zr/c2*1-2-3-6-9-7-4-5-8-9;2*1-2;/h2*4-5,7-8H,2-3,6H2,1H3;2*1H3;/q4*-1;+4. The van der Waals surface area contributed by atoms with Crippen molar-refractivity contribution in [1.82, 2.24) is 0 Å². The van der Waals surface area contributed by atoms with Crippen molar-refractivity contribution in [3.05, 3.63) is 59.7 Å². The molecule has 0 fully saturated rings. The van der Waals surface area contributed by atoms with Crippen LogP contribution >= 0.6 is 0 Å². The maximum Gasteiger partial charge on any atom is 4.00 e. The van der Waals surface area contributed by atoms with Gasteiger partial charge in [0.2, 0.25) is 0 Å². The van der Waals surface area contributed by atoms with Crippen molar-refractivity contribution in [2.24, 2.45) is 0 Å². The van der Waals surface area contributed by atoms with Crippen molar-refractivity contribution in [2.45, 2.75) is 52.4 Å². The monoisotopic (exact) mass is 394 g/mol. The van der Waals surface area contributed by atoms with E-state index in [1.165, 1.54) is 49.7 Å². The molecule has 0 aliphatic heterocycles. The molecule has 0 unspecified atom stereocenters. The van der Waals surface area contributed by atoms with Crippen molar-refractivity contribution in [1.29, 1.82) is 0 Å². The van der Waals surface area contributed by atoms with Gasteiger partial charge in [0.15, 0.2) is 0 Å². The number of hydrogen-bond donors (Lipinski definition) is 0. The van der Waals surface area contributed by atoms with E-state index in [1.54, 1.807) is 0 Å². The first-order valence-electron chi connectivity index (χ1n) is 8.09. The normalized spacial score (nSPS) is 8.26. The Bertz CT molecular complexity index is 328. The average Bonchev–Trinajstić information content (AvgIpc) is 3.29. The van der Waals surface area contributed by atoms with Crippen LogP contribution in [0.3, 0.4) is 0 Å². The minimum Gasteiger partial charge on any atom is -0.857 e. The van der Waals surface area contributed by atoms with Crippen LogP contribution in [-0.2, 0) is 39.0 Å². The average molecular weight is 396 g/mol. The van der Waals surface area contributed by atoms with E-state index in [2.05, 4.69) is 62.4 Å². The molecule has 0 atom stereocenters. The van der Waals surface area contributed by atoms with Gasteiger partial charge in [-0.2, -0.15) is 49.6 Å². The summed E-state index contributed by atoms with van der Waals surface area (Å²) in [5.74, 6) is 0. The molecule has 0 aliphatic rings. The van der Waals surface area contributed by atoms with Crippen molar-refractivity contribution in [3.63, 3.8) is 0 Å². The van der Waals surface area contributed by atoms with Crippen molar-refractivity contribution < 1.29 is 36.4 Å². The third-order valence-corrected chi connectivity index (χ3v) is 3.10. The molecule has 0 saturated heterocycles. The summed E-state index contributed by atoms with van der Waals surface area (Å²) in [6.07, 6.45) is 7.75. The van der Waals surface area contributed by atoms with Gasteiger partial charge in [0, 0.05) is 0 Å². The Labute approximate surface area is 162 Å². The Hall–Kier alpha value is -0.497. The van der Waals surface area contributed by atoms with Crippen LogP contribution in [0.25, 0.3) is 0 Å². The fraction of sp³-hybridized carbons (Fsp3) is 0.500. The Morgan fingerprint density at radius 2 is 0.870 bits per heavy atom. The molecule has 3 heteroatoms. The van der Waals surface area contributed by atoms with Gasteiger partial charge >= 0.3 is 26.2 Å². The molecule has 0 radical (unpaired) electrons. The summed E-state index contributed by atoms with van der Waals surface area (Å²) in [5, 5.41) is 16.5. The van der Waals surface area contributed by atoms with Gasteiger partial charge in [-0.1, -0.05) is 52.4 Å². The minimum atomic E-state index is 0. The van der Waals surface area contributed by atoms with Crippen LogP contribution in [0.4, 0.5) is 0 Å². The van der Waals surface area contributed by atoms with E-state index >= 15 is 0 Å². The number of rotatable bonds is 6. The van der Waals surface area contributed by atoms with Gasteiger partial charge < -0.3 is 10.2 Å². The van der Waals surface area contributed by atoms with Crippen molar-refractivity contribution in [3.8, 4) is 0 Å². The zero-order valence-electron chi connectivity index (χ0n) is 15.2. The van der Waals surface area contributed by atoms with Crippen molar-refractivity contribution in [2.75, 3.05) is 14.2 Å². The molecule has 2 nitrogen and oxygen atoms in total. The summed E-state index contributed by atoms with van der Waals surface area (Å²) >= 11 is 0. The van der Waals surface area contributed by atoms with Gasteiger partial charge in [0.05, 0.1) is 0 Å². The van der Waals surface area contributed by atoms with Crippen LogP contribution in [0, 0.1) is 0 Å². The second kappa shape index (κ2) is 23.8. The van der Waals surface area contributed by atoms with E-state index < -0.39 is 0 Å². The van der Waals surface area contributed by atoms with Gasteiger partial charge in [0.25, 0.3) is 0 Å². The summed E-state index contributed by atoms with van der Waals surface area (Å²) in [7, 11) is 1.50. The molecule has 0 bridgehead atoms. The summed E-state index contributed by atoms with van der Waals surface area (Å²) < 4.78 is 0. The molecular weight excluding hydrogens is 363 g/mol. The van der Waals surface area contributed by atoms with E-state index in [-0.39, 0.29) is 26.2 Å². The topological polar surface area (TPSA) is 46.1 Å².